The van der Waals surface area contributed by atoms with Gasteiger partial charge in [0.25, 0.3) is 0 Å². The zero-order chi connectivity index (χ0) is 37.8. The van der Waals surface area contributed by atoms with Crippen molar-refractivity contribution in [3.05, 3.63) is 187 Å². The van der Waals surface area contributed by atoms with E-state index in [1.54, 1.807) is 0 Å². The third-order valence-electron chi connectivity index (χ3n) is 11.9. The standard InChI is InChI=1S/C52H29N5/c53-30-34-29-49(35(31-54)28-48(34)56-43-21-10-7-18-40(43)50-36-14-3-1-12-32(36)24-26-46(50)56)57-45-23-11-22-44(52(45)51-37-15-4-2-13-33(37)25-27-47(51)57)55-41-19-8-5-16-38(41)39-17-6-9-20-42(39)55/h1-29H. The lowest BCUT2D eigenvalue weighted by atomic mass is 10.0. The largest absolute Gasteiger partial charge is 0.309 e. The van der Waals surface area contributed by atoms with E-state index in [1.807, 2.05) is 18.2 Å². The summed E-state index contributed by atoms with van der Waals surface area (Å²) in [6.07, 6.45) is 0. The van der Waals surface area contributed by atoms with E-state index in [4.69, 9.17) is 0 Å². The van der Waals surface area contributed by atoms with Gasteiger partial charge >= 0.3 is 0 Å². The second-order valence-corrected chi connectivity index (χ2v) is 14.7. The summed E-state index contributed by atoms with van der Waals surface area (Å²) in [7, 11) is 0. The average Bonchev–Trinajstić information content (AvgIpc) is 3.92. The molecule has 0 saturated heterocycles. The zero-order valence-electron chi connectivity index (χ0n) is 30.5. The molecule has 262 valence electrons. The predicted molar refractivity (Wildman–Crippen MR) is 234 cm³/mol. The van der Waals surface area contributed by atoms with Crippen LogP contribution in [0.5, 0.6) is 0 Å². The van der Waals surface area contributed by atoms with E-state index >= 15 is 0 Å². The van der Waals surface area contributed by atoms with Crippen molar-refractivity contribution < 1.29 is 0 Å². The second kappa shape index (κ2) is 11.7. The molecule has 0 fully saturated rings. The smallest absolute Gasteiger partial charge is 0.101 e. The Kier molecular flexibility index (Phi) is 6.41. The molecule has 0 saturated carbocycles. The summed E-state index contributed by atoms with van der Waals surface area (Å²) in [5.74, 6) is 0. The molecule has 0 radical (unpaired) electrons. The molecule has 0 N–H and O–H groups in total. The molecule has 5 nitrogen and oxygen atoms in total. The fourth-order valence-electron chi connectivity index (χ4n) is 9.56. The van der Waals surface area contributed by atoms with E-state index in [0.29, 0.717) is 22.5 Å². The average molecular weight is 724 g/mol. The van der Waals surface area contributed by atoms with E-state index in [0.717, 1.165) is 81.9 Å². The van der Waals surface area contributed by atoms with Crippen LogP contribution in [-0.2, 0) is 0 Å². The molecule has 0 amide bonds. The molecule has 3 heterocycles. The van der Waals surface area contributed by atoms with E-state index in [-0.39, 0.29) is 0 Å². The van der Waals surface area contributed by atoms with Gasteiger partial charge in [0, 0.05) is 32.3 Å². The van der Waals surface area contributed by atoms with Gasteiger partial charge in [-0.15, -0.1) is 0 Å². The minimum atomic E-state index is 0.477. The summed E-state index contributed by atoms with van der Waals surface area (Å²) in [4.78, 5) is 0. The Hall–Kier alpha value is -8.12. The van der Waals surface area contributed by atoms with Crippen LogP contribution in [0.4, 0.5) is 0 Å². The van der Waals surface area contributed by atoms with Crippen LogP contribution in [0, 0.1) is 22.7 Å². The molecule has 0 aliphatic rings. The molecule has 12 rings (SSSR count). The quantitative estimate of drug-likeness (QED) is 0.182. The molecule has 57 heavy (non-hydrogen) atoms. The Balaban J connectivity index is 1.20. The summed E-state index contributed by atoms with van der Waals surface area (Å²) in [6.45, 7) is 0. The number of para-hydroxylation sites is 3. The minimum absolute atomic E-state index is 0.477. The first-order chi connectivity index (χ1) is 28.2. The minimum Gasteiger partial charge on any atom is -0.309 e. The highest BCUT2D eigenvalue weighted by atomic mass is 15.0. The van der Waals surface area contributed by atoms with Crippen molar-refractivity contribution in [1.29, 1.82) is 10.5 Å². The number of hydrogen-bond donors (Lipinski definition) is 0. The van der Waals surface area contributed by atoms with Gasteiger partial charge in [-0.2, -0.15) is 10.5 Å². The Morgan fingerprint density at radius 3 is 1.28 bits per heavy atom. The van der Waals surface area contributed by atoms with Gasteiger partial charge in [-0.3, -0.25) is 0 Å². The fraction of sp³-hybridized carbons (Fsp3) is 0. The van der Waals surface area contributed by atoms with Gasteiger partial charge in [-0.1, -0.05) is 121 Å². The summed E-state index contributed by atoms with van der Waals surface area (Å²) in [6, 6.07) is 66.4. The van der Waals surface area contributed by atoms with E-state index in [2.05, 4.69) is 184 Å². The van der Waals surface area contributed by atoms with Crippen molar-refractivity contribution in [3.63, 3.8) is 0 Å². The number of nitriles is 2. The lowest BCUT2D eigenvalue weighted by Crippen LogP contribution is -2.04. The van der Waals surface area contributed by atoms with Gasteiger partial charge in [0.1, 0.15) is 12.1 Å². The van der Waals surface area contributed by atoms with Gasteiger partial charge in [-0.25, -0.2) is 0 Å². The van der Waals surface area contributed by atoms with Crippen LogP contribution in [0.2, 0.25) is 0 Å². The predicted octanol–water partition coefficient (Wildman–Crippen LogP) is 13.0. The Morgan fingerprint density at radius 2 is 0.702 bits per heavy atom. The van der Waals surface area contributed by atoms with Crippen LogP contribution in [-0.4, -0.2) is 13.7 Å². The Morgan fingerprint density at radius 1 is 0.298 bits per heavy atom. The molecule has 0 bridgehead atoms. The third-order valence-corrected chi connectivity index (χ3v) is 11.9. The third kappa shape index (κ3) is 4.20. The van der Waals surface area contributed by atoms with Crippen LogP contribution in [0.15, 0.2) is 176 Å². The molecule has 12 aromatic rings. The number of rotatable bonds is 3. The molecule has 0 aliphatic heterocycles. The molecule has 0 aliphatic carbocycles. The molecular weight excluding hydrogens is 695 g/mol. The number of fused-ring (bicyclic) bond motifs is 13. The van der Waals surface area contributed by atoms with Crippen LogP contribution in [0.1, 0.15) is 11.1 Å². The highest BCUT2D eigenvalue weighted by Gasteiger charge is 2.24. The van der Waals surface area contributed by atoms with Crippen molar-refractivity contribution >= 4 is 87.0 Å². The number of nitrogens with zero attached hydrogens (tertiary/aromatic N) is 5. The molecule has 0 unspecified atom stereocenters. The van der Waals surface area contributed by atoms with Crippen LogP contribution >= 0.6 is 0 Å². The first-order valence-corrected chi connectivity index (χ1v) is 19.1. The summed E-state index contributed by atoms with van der Waals surface area (Å²) >= 11 is 0. The highest BCUT2D eigenvalue weighted by Crippen LogP contribution is 2.44. The van der Waals surface area contributed by atoms with Gasteiger partial charge in [0.2, 0.25) is 0 Å². The molecule has 5 heteroatoms. The molecule has 0 spiro atoms. The SMILES string of the molecule is N#Cc1cc(-n2c3cccc(-n4c5ccccc5c5ccccc54)c3c3c4ccccc4ccc32)c(C#N)cc1-n1c2ccccc2c2c3ccccc3ccc21. The first-order valence-electron chi connectivity index (χ1n) is 19.1. The van der Waals surface area contributed by atoms with Crippen LogP contribution < -0.4 is 0 Å². The lowest BCUT2D eigenvalue weighted by molar-refractivity contribution is 1.12. The Bertz CT molecular complexity index is 3730. The summed E-state index contributed by atoms with van der Waals surface area (Å²) < 4.78 is 6.72. The first kappa shape index (κ1) is 31.3. The van der Waals surface area contributed by atoms with Gasteiger partial charge in [0.05, 0.1) is 61.3 Å². The van der Waals surface area contributed by atoms with Gasteiger partial charge in [0.15, 0.2) is 0 Å². The lowest BCUT2D eigenvalue weighted by Gasteiger charge is -2.16. The van der Waals surface area contributed by atoms with Crippen LogP contribution in [0.3, 0.4) is 0 Å². The molecule has 9 aromatic carbocycles. The van der Waals surface area contributed by atoms with Gasteiger partial charge < -0.3 is 13.7 Å². The normalized spacial score (nSPS) is 11.8. The topological polar surface area (TPSA) is 62.4 Å². The summed E-state index contributed by atoms with van der Waals surface area (Å²) in [5.41, 5.74) is 9.50. The number of aromatic nitrogens is 3. The van der Waals surface area contributed by atoms with Crippen LogP contribution in [0.25, 0.3) is 104 Å². The number of hydrogen-bond acceptors (Lipinski definition) is 2. The number of benzene rings is 9. The monoisotopic (exact) mass is 723 g/mol. The van der Waals surface area contributed by atoms with Crippen molar-refractivity contribution in [1.82, 2.24) is 13.7 Å². The maximum atomic E-state index is 11.1. The van der Waals surface area contributed by atoms with E-state index < -0.39 is 0 Å². The van der Waals surface area contributed by atoms with Crippen molar-refractivity contribution in [3.8, 4) is 29.2 Å². The second-order valence-electron chi connectivity index (χ2n) is 14.7. The van der Waals surface area contributed by atoms with Crippen molar-refractivity contribution in [2.24, 2.45) is 0 Å². The van der Waals surface area contributed by atoms with E-state index in [1.165, 1.54) is 10.8 Å². The van der Waals surface area contributed by atoms with Gasteiger partial charge in [-0.05, 0) is 76.1 Å². The maximum absolute atomic E-state index is 11.1. The highest BCUT2D eigenvalue weighted by molar-refractivity contribution is 6.25. The van der Waals surface area contributed by atoms with Crippen molar-refractivity contribution in [2.75, 3.05) is 0 Å². The Labute approximate surface area is 326 Å². The summed E-state index contributed by atoms with van der Waals surface area (Å²) in [5, 5.41) is 33.4. The van der Waals surface area contributed by atoms with E-state index in [9.17, 15) is 10.5 Å². The molecule has 0 atom stereocenters. The molecule has 3 aromatic heterocycles. The zero-order valence-corrected chi connectivity index (χ0v) is 30.5. The van der Waals surface area contributed by atoms with Crippen molar-refractivity contribution in [2.45, 2.75) is 0 Å². The molecular formula is C52H29N5. The maximum Gasteiger partial charge on any atom is 0.101 e. The fourth-order valence-corrected chi connectivity index (χ4v) is 9.56.